The van der Waals surface area contributed by atoms with Crippen LogP contribution in [0.15, 0.2) is 24.3 Å². The molecule has 0 heterocycles. The van der Waals surface area contributed by atoms with Gasteiger partial charge < -0.3 is 10.6 Å². The quantitative estimate of drug-likeness (QED) is 0.562. The number of rotatable bonds is 11. The molecule has 0 aliphatic heterocycles. The number of hydrogen-bond acceptors (Lipinski definition) is 2. The van der Waals surface area contributed by atoms with Gasteiger partial charge in [0.1, 0.15) is 0 Å². The topological polar surface area (TPSA) is 29.3 Å². The number of nitrogens with two attached hydrogens (primary N) is 1. The molecule has 0 fully saturated rings. The molecule has 120 valence electrons. The second kappa shape index (κ2) is 10.7. The van der Waals surface area contributed by atoms with Crippen LogP contribution in [0.1, 0.15) is 76.3 Å². The molecule has 2 heteroatoms. The van der Waals surface area contributed by atoms with Crippen molar-refractivity contribution in [2.75, 3.05) is 19.0 Å². The highest BCUT2D eigenvalue weighted by atomic mass is 15.1. The van der Waals surface area contributed by atoms with E-state index in [-0.39, 0.29) is 6.04 Å². The van der Waals surface area contributed by atoms with Crippen LogP contribution in [0, 0.1) is 0 Å². The number of unbranched alkanes of at least 4 members (excludes halogenated alkanes) is 7. The first-order chi connectivity index (χ1) is 10.1. The van der Waals surface area contributed by atoms with Gasteiger partial charge in [-0.25, -0.2) is 0 Å². The minimum atomic E-state index is 0.185. The van der Waals surface area contributed by atoms with E-state index in [1.54, 1.807) is 0 Å². The van der Waals surface area contributed by atoms with Crippen LogP contribution in [0.2, 0.25) is 0 Å². The fourth-order valence-corrected chi connectivity index (χ4v) is 2.70. The van der Waals surface area contributed by atoms with Gasteiger partial charge in [0.2, 0.25) is 0 Å². The van der Waals surface area contributed by atoms with Crippen LogP contribution in [-0.2, 0) is 0 Å². The minimum absolute atomic E-state index is 0.185. The first-order valence-corrected chi connectivity index (χ1v) is 8.68. The summed E-state index contributed by atoms with van der Waals surface area (Å²) in [6.07, 6.45) is 12.0. The lowest BCUT2D eigenvalue weighted by atomic mass is 9.99. The molecule has 1 atom stereocenters. The predicted octanol–water partition coefficient (Wildman–Crippen LogP) is 5.28. The van der Waals surface area contributed by atoms with Crippen LogP contribution in [0.3, 0.4) is 0 Å². The monoisotopic (exact) mass is 290 g/mol. The molecule has 2 N–H and O–H groups in total. The van der Waals surface area contributed by atoms with Crippen LogP contribution in [0.5, 0.6) is 0 Å². The van der Waals surface area contributed by atoms with E-state index >= 15 is 0 Å². The number of anilines is 1. The summed E-state index contributed by atoms with van der Waals surface area (Å²) >= 11 is 0. The van der Waals surface area contributed by atoms with E-state index < -0.39 is 0 Å². The maximum atomic E-state index is 6.33. The lowest BCUT2D eigenvalue weighted by molar-refractivity contribution is 0.536. The Labute approximate surface area is 131 Å². The molecule has 0 amide bonds. The molecule has 0 aliphatic rings. The highest BCUT2D eigenvalue weighted by Gasteiger charge is 2.07. The third-order valence-electron chi connectivity index (χ3n) is 4.18. The maximum Gasteiger partial charge on any atom is 0.0364 e. The molecule has 1 aromatic carbocycles. The molecule has 0 aliphatic carbocycles. The zero-order chi connectivity index (χ0) is 15.5. The first-order valence-electron chi connectivity index (χ1n) is 8.68. The van der Waals surface area contributed by atoms with Crippen molar-refractivity contribution in [1.82, 2.24) is 0 Å². The Kier molecular flexibility index (Phi) is 9.16. The molecule has 0 aromatic heterocycles. The Balaban J connectivity index is 2.19. The van der Waals surface area contributed by atoms with Gasteiger partial charge in [-0.05, 0) is 24.1 Å². The Morgan fingerprint density at radius 3 is 2.19 bits per heavy atom. The molecular formula is C19H34N2. The summed E-state index contributed by atoms with van der Waals surface area (Å²) in [5, 5.41) is 0. The van der Waals surface area contributed by atoms with E-state index in [1.165, 1.54) is 62.6 Å². The minimum Gasteiger partial charge on any atom is -0.378 e. The highest BCUT2D eigenvalue weighted by molar-refractivity contribution is 5.47. The zero-order valence-electron chi connectivity index (χ0n) is 14.3. The van der Waals surface area contributed by atoms with Crippen LogP contribution < -0.4 is 10.6 Å². The molecule has 1 unspecified atom stereocenters. The SMILES string of the molecule is CCCCCCCCCCC(N)c1cccc(N(C)C)c1. The lowest BCUT2D eigenvalue weighted by Crippen LogP contribution is -2.13. The molecule has 0 radical (unpaired) electrons. The van der Waals surface area contributed by atoms with Crippen LogP contribution >= 0.6 is 0 Å². The second-order valence-electron chi connectivity index (χ2n) is 6.36. The van der Waals surface area contributed by atoms with Crippen LogP contribution in [-0.4, -0.2) is 14.1 Å². The summed E-state index contributed by atoms with van der Waals surface area (Å²) in [7, 11) is 4.15. The fraction of sp³-hybridized carbons (Fsp3) is 0.684. The Hall–Kier alpha value is -1.02. The van der Waals surface area contributed by atoms with E-state index in [2.05, 4.69) is 50.2 Å². The molecule has 1 aromatic rings. The van der Waals surface area contributed by atoms with E-state index in [1.807, 2.05) is 0 Å². The summed E-state index contributed by atoms with van der Waals surface area (Å²) in [6, 6.07) is 8.80. The first kappa shape index (κ1) is 18.0. The van der Waals surface area contributed by atoms with Crippen molar-refractivity contribution in [2.24, 2.45) is 5.73 Å². The van der Waals surface area contributed by atoms with Crippen molar-refractivity contribution >= 4 is 5.69 Å². The van der Waals surface area contributed by atoms with Crippen molar-refractivity contribution in [3.05, 3.63) is 29.8 Å². The highest BCUT2D eigenvalue weighted by Crippen LogP contribution is 2.22. The van der Waals surface area contributed by atoms with Gasteiger partial charge in [-0.3, -0.25) is 0 Å². The molecule has 0 bridgehead atoms. The summed E-state index contributed by atoms with van der Waals surface area (Å²) in [4.78, 5) is 2.13. The standard InChI is InChI=1S/C19H34N2/c1-4-5-6-7-8-9-10-11-15-19(20)17-13-12-14-18(16-17)21(2)3/h12-14,16,19H,4-11,15,20H2,1-3H3. The number of benzene rings is 1. The summed E-state index contributed by atoms with van der Waals surface area (Å²) in [6.45, 7) is 2.27. The number of hydrogen-bond donors (Lipinski definition) is 1. The van der Waals surface area contributed by atoms with Gasteiger partial charge in [0.05, 0.1) is 0 Å². The van der Waals surface area contributed by atoms with E-state index in [4.69, 9.17) is 5.73 Å². The van der Waals surface area contributed by atoms with Crippen molar-refractivity contribution in [3.63, 3.8) is 0 Å². The van der Waals surface area contributed by atoms with Crippen molar-refractivity contribution in [1.29, 1.82) is 0 Å². The largest absolute Gasteiger partial charge is 0.378 e. The van der Waals surface area contributed by atoms with E-state index in [9.17, 15) is 0 Å². The van der Waals surface area contributed by atoms with Gasteiger partial charge in [0.15, 0.2) is 0 Å². The zero-order valence-corrected chi connectivity index (χ0v) is 14.3. The maximum absolute atomic E-state index is 6.33. The van der Waals surface area contributed by atoms with Crippen LogP contribution in [0.4, 0.5) is 5.69 Å². The third-order valence-corrected chi connectivity index (χ3v) is 4.18. The van der Waals surface area contributed by atoms with Crippen LogP contribution in [0.25, 0.3) is 0 Å². The van der Waals surface area contributed by atoms with Gasteiger partial charge in [0.25, 0.3) is 0 Å². The molecule has 0 saturated heterocycles. The Bertz CT molecular complexity index is 374. The smallest absolute Gasteiger partial charge is 0.0364 e. The normalized spacial score (nSPS) is 12.4. The van der Waals surface area contributed by atoms with E-state index in [0.29, 0.717) is 0 Å². The number of nitrogens with zero attached hydrogens (tertiary/aromatic N) is 1. The summed E-state index contributed by atoms with van der Waals surface area (Å²) < 4.78 is 0. The van der Waals surface area contributed by atoms with Crippen molar-refractivity contribution in [2.45, 2.75) is 70.8 Å². The third kappa shape index (κ3) is 7.52. The average Bonchev–Trinajstić information content (AvgIpc) is 2.49. The molecule has 2 nitrogen and oxygen atoms in total. The second-order valence-corrected chi connectivity index (χ2v) is 6.36. The average molecular weight is 290 g/mol. The lowest BCUT2D eigenvalue weighted by Gasteiger charge is -2.17. The molecule has 0 saturated carbocycles. The van der Waals surface area contributed by atoms with Gasteiger partial charge in [-0.1, -0.05) is 70.4 Å². The molecule has 21 heavy (non-hydrogen) atoms. The van der Waals surface area contributed by atoms with Gasteiger partial charge in [0, 0.05) is 25.8 Å². The van der Waals surface area contributed by atoms with Crippen molar-refractivity contribution < 1.29 is 0 Å². The van der Waals surface area contributed by atoms with Gasteiger partial charge in [-0.2, -0.15) is 0 Å². The predicted molar refractivity (Wildman–Crippen MR) is 94.9 cm³/mol. The molecule has 1 rings (SSSR count). The summed E-state index contributed by atoms with van der Waals surface area (Å²) in [5.74, 6) is 0. The van der Waals surface area contributed by atoms with E-state index in [0.717, 1.165) is 6.42 Å². The molecule has 0 spiro atoms. The van der Waals surface area contributed by atoms with Gasteiger partial charge in [-0.15, -0.1) is 0 Å². The summed E-state index contributed by atoms with van der Waals surface area (Å²) in [5.41, 5.74) is 8.83. The Morgan fingerprint density at radius 2 is 1.57 bits per heavy atom. The van der Waals surface area contributed by atoms with Crippen molar-refractivity contribution in [3.8, 4) is 0 Å². The Morgan fingerprint density at radius 1 is 0.952 bits per heavy atom. The van der Waals surface area contributed by atoms with Gasteiger partial charge >= 0.3 is 0 Å². The molecular weight excluding hydrogens is 256 g/mol. The fourth-order valence-electron chi connectivity index (χ4n) is 2.70.